The van der Waals surface area contributed by atoms with E-state index in [0.717, 1.165) is 83.5 Å². The Hall–Kier alpha value is -2.63. The molecule has 0 amide bonds. The van der Waals surface area contributed by atoms with Crippen LogP contribution < -0.4 is 0 Å². The lowest BCUT2D eigenvalue weighted by molar-refractivity contribution is -0.167. The second kappa shape index (κ2) is 52.0. The van der Waals surface area contributed by atoms with Gasteiger partial charge < -0.3 is 14.2 Å². The van der Waals surface area contributed by atoms with Crippen LogP contribution in [0.5, 0.6) is 0 Å². The van der Waals surface area contributed by atoms with Gasteiger partial charge in [0, 0.05) is 19.3 Å². The minimum atomic E-state index is -0.781. The Morgan fingerprint density at radius 1 is 0.333 bits per heavy atom. The zero-order chi connectivity index (χ0) is 45.8. The molecule has 0 radical (unpaired) electrons. The van der Waals surface area contributed by atoms with Crippen molar-refractivity contribution < 1.29 is 28.6 Å². The summed E-state index contributed by atoms with van der Waals surface area (Å²) >= 11 is 0. The lowest BCUT2D eigenvalue weighted by Crippen LogP contribution is -2.30. The first-order valence-corrected chi connectivity index (χ1v) is 27.2. The Labute approximate surface area is 390 Å². The summed E-state index contributed by atoms with van der Waals surface area (Å²) in [6.45, 7) is 6.51. The monoisotopic (exact) mass is 883 g/mol. The highest BCUT2D eigenvalue weighted by Gasteiger charge is 2.19. The van der Waals surface area contributed by atoms with Crippen molar-refractivity contribution in [3.8, 4) is 0 Å². The minimum absolute atomic E-state index is 0.0790. The average molecular weight is 883 g/mol. The summed E-state index contributed by atoms with van der Waals surface area (Å²) in [4.78, 5) is 38.0. The zero-order valence-corrected chi connectivity index (χ0v) is 41.8. The standard InChI is InChI=1S/C57H102O6/c1-4-7-10-13-16-19-22-25-27-28-29-31-32-35-38-41-44-47-50-56(59)62-53-54(52-61-55(58)49-46-43-40-37-34-24-21-18-15-12-9-6-3)63-57(60)51-48-45-42-39-36-33-30-26-23-20-17-14-11-8-5-2/h8,11,14,17,20,23,26,30,54H,4-7,9-10,12-13,15-16,18-19,21-22,24-25,27-29,31-53H2,1-3H3/b11-8-,17-14-,23-20-,30-26-. The van der Waals surface area contributed by atoms with Gasteiger partial charge in [0.2, 0.25) is 0 Å². The van der Waals surface area contributed by atoms with E-state index in [-0.39, 0.29) is 31.1 Å². The fraction of sp³-hybridized carbons (Fsp3) is 0.807. The van der Waals surface area contributed by atoms with E-state index in [0.29, 0.717) is 19.3 Å². The van der Waals surface area contributed by atoms with Crippen LogP contribution in [0.2, 0.25) is 0 Å². The summed E-state index contributed by atoms with van der Waals surface area (Å²) in [5, 5.41) is 0. The van der Waals surface area contributed by atoms with Crippen molar-refractivity contribution in [2.45, 2.75) is 284 Å². The van der Waals surface area contributed by atoms with Gasteiger partial charge in [0.15, 0.2) is 6.10 Å². The van der Waals surface area contributed by atoms with Crippen molar-refractivity contribution in [3.05, 3.63) is 48.6 Å². The molecule has 0 aromatic rings. The fourth-order valence-electron chi connectivity index (χ4n) is 7.87. The molecular formula is C57H102O6. The molecule has 0 saturated carbocycles. The fourth-order valence-corrected chi connectivity index (χ4v) is 7.87. The summed E-state index contributed by atoms with van der Waals surface area (Å²) in [7, 11) is 0. The summed E-state index contributed by atoms with van der Waals surface area (Å²) < 4.78 is 16.8. The lowest BCUT2D eigenvalue weighted by Gasteiger charge is -2.18. The molecule has 0 fully saturated rings. The molecule has 0 rings (SSSR count). The molecule has 0 aromatic heterocycles. The van der Waals surface area contributed by atoms with E-state index in [1.807, 2.05) is 18.2 Å². The Morgan fingerprint density at radius 2 is 0.619 bits per heavy atom. The van der Waals surface area contributed by atoms with Crippen LogP contribution in [-0.2, 0) is 28.6 Å². The molecule has 1 atom stereocenters. The topological polar surface area (TPSA) is 78.9 Å². The van der Waals surface area contributed by atoms with Crippen LogP contribution in [0, 0.1) is 0 Å². The van der Waals surface area contributed by atoms with Crippen LogP contribution in [0.1, 0.15) is 278 Å². The number of hydrogen-bond acceptors (Lipinski definition) is 6. The quantitative estimate of drug-likeness (QED) is 0.0262. The van der Waals surface area contributed by atoms with Crippen LogP contribution in [0.3, 0.4) is 0 Å². The van der Waals surface area contributed by atoms with Crippen LogP contribution in [0.4, 0.5) is 0 Å². The first-order chi connectivity index (χ1) is 31.0. The molecule has 0 aliphatic heterocycles. The number of ether oxygens (including phenoxy) is 3. The second-order valence-corrected chi connectivity index (χ2v) is 18.2. The first kappa shape index (κ1) is 60.4. The molecule has 0 spiro atoms. The van der Waals surface area contributed by atoms with Gasteiger partial charge in [0.05, 0.1) is 0 Å². The van der Waals surface area contributed by atoms with Crippen LogP contribution in [-0.4, -0.2) is 37.2 Å². The smallest absolute Gasteiger partial charge is 0.306 e. The molecule has 6 heteroatoms. The number of hydrogen-bond donors (Lipinski definition) is 0. The average Bonchev–Trinajstić information content (AvgIpc) is 3.28. The number of allylic oxidation sites excluding steroid dienone is 8. The number of unbranched alkanes of at least 4 members (excludes halogenated alkanes) is 33. The van der Waals surface area contributed by atoms with Crippen molar-refractivity contribution in [2.24, 2.45) is 0 Å². The molecule has 1 unspecified atom stereocenters. The Morgan fingerprint density at radius 3 is 0.968 bits per heavy atom. The number of esters is 3. The SMILES string of the molecule is CC\C=C/C=C\C=C/C=C\CCCCCCCC(=O)OC(COC(=O)CCCCCCCCCCCCCC)COC(=O)CCCCCCCCCCCCCCCCCCCC. The maximum absolute atomic E-state index is 12.8. The van der Waals surface area contributed by atoms with Gasteiger partial charge in [-0.3, -0.25) is 14.4 Å². The van der Waals surface area contributed by atoms with Crippen molar-refractivity contribution in [2.75, 3.05) is 13.2 Å². The Kier molecular flexibility index (Phi) is 49.8. The van der Waals surface area contributed by atoms with E-state index < -0.39 is 6.10 Å². The number of rotatable bonds is 49. The largest absolute Gasteiger partial charge is 0.462 e. The van der Waals surface area contributed by atoms with Crippen molar-refractivity contribution in [1.29, 1.82) is 0 Å². The zero-order valence-electron chi connectivity index (χ0n) is 41.8. The molecule has 0 bridgehead atoms. The molecule has 0 aliphatic carbocycles. The highest BCUT2D eigenvalue weighted by atomic mass is 16.6. The van der Waals surface area contributed by atoms with Crippen molar-refractivity contribution in [1.82, 2.24) is 0 Å². The first-order valence-electron chi connectivity index (χ1n) is 27.2. The molecule has 0 N–H and O–H groups in total. The van der Waals surface area contributed by atoms with Gasteiger partial charge in [0.25, 0.3) is 0 Å². The van der Waals surface area contributed by atoms with Gasteiger partial charge in [0.1, 0.15) is 13.2 Å². The second-order valence-electron chi connectivity index (χ2n) is 18.2. The Bertz CT molecular complexity index is 1110. The summed E-state index contributed by atoms with van der Waals surface area (Å²) in [5.74, 6) is -0.890. The van der Waals surface area contributed by atoms with E-state index in [1.165, 1.54) is 154 Å². The Balaban J connectivity index is 4.35. The number of carbonyl (C=O) groups is 3. The lowest BCUT2D eigenvalue weighted by atomic mass is 10.0. The van der Waals surface area contributed by atoms with E-state index in [1.54, 1.807) is 0 Å². The van der Waals surface area contributed by atoms with E-state index in [9.17, 15) is 14.4 Å². The predicted molar refractivity (Wildman–Crippen MR) is 270 cm³/mol. The maximum Gasteiger partial charge on any atom is 0.306 e. The van der Waals surface area contributed by atoms with Crippen molar-refractivity contribution in [3.63, 3.8) is 0 Å². The summed E-state index contributed by atoms with van der Waals surface area (Å²) in [6.07, 6.45) is 62.4. The molecular weight excluding hydrogens is 781 g/mol. The highest BCUT2D eigenvalue weighted by molar-refractivity contribution is 5.71. The van der Waals surface area contributed by atoms with Gasteiger partial charge >= 0.3 is 17.9 Å². The summed E-state index contributed by atoms with van der Waals surface area (Å²) in [5.41, 5.74) is 0. The van der Waals surface area contributed by atoms with Gasteiger partial charge in [-0.25, -0.2) is 0 Å². The molecule has 6 nitrogen and oxygen atoms in total. The number of carbonyl (C=O) groups excluding carboxylic acids is 3. The predicted octanol–water partition coefficient (Wildman–Crippen LogP) is 17.9. The summed E-state index contributed by atoms with van der Waals surface area (Å²) in [6, 6.07) is 0. The molecule has 63 heavy (non-hydrogen) atoms. The molecule has 0 heterocycles. The van der Waals surface area contributed by atoms with Gasteiger partial charge in [-0.1, -0.05) is 268 Å². The van der Waals surface area contributed by atoms with Crippen LogP contribution in [0.15, 0.2) is 48.6 Å². The van der Waals surface area contributed by atoms with Crippen molar-refractivity contribution >= 4 is 17.9 Å². The molecule has 0 aliphatic rings. The normalized spacial score (nSPS) is 12.4. The molecule has 0 aromatic carbocycles. The van der Waals surface area contributed by atoms with Crippen LogP contribution >= 0.6 is 0 Å². The van der Waals surface area contributed by atoms with Gasteiger partial charge in [-0.2, -0.15) is 0 Å². The third-order valence-electron chi connectivity index (χ3n) is 11.9. The van der Waals surface area contributed by atoms with E-state index >= 15 is 0 Å². The van der Waals surface area contributed by atoms with Crippen LogP contribution in [0.25, 0.3) is 0 Å². The van der Waals surface area contributed by atoms with Gasteiger partial charge in [-0.15, -0.1) is 0 Å². The van der Waals surface area contributed by atoms with E-state index in [4.69, 9.17) is 14.2 Å². The molecule has 366 valence electrons. The van der Waals surface area contributed by atoms with Gasteiger partial charge in [-0.05, 0) is 38.5 Å². The highest BCUT2D eigenvalue weighted by Crippen LogP contribution is 2.16. The third-order valence-corrected chi connectivity index (χ3v) is 11.9. The maximum atomic E-state index is 12.8. The minimum Gasteiger partial charge on any atom is -0.462 e. The van der Waals surface area contributed by atoms with E-state index in [2.05, 4.69) is 51.2 Å². The molecule has 0 saturated heterocycles. The third kappa shape index (κ3) is 50.2.